The van der Waals surface area contributed by atoms with Crippen LogP contribution < -0.4 is 10.6 Å². The fourth-order valence-corrected chi connectivity index (χ4v) is 2.70. The maximum absolute atomic E-state index is 12.1. The van der Waals surface area contributed by atoms with Crippen molar-refractivity contribution in [2.75, 3.05) is 17.2 Å². The highest BCUT2D eigenvalue weighted by Crippen LogP contribution is 2.21. The third-order valence-corrected chi connectivity index (χ3v) is 4.13. The van der Waals surface area contributed by atoms with Gasteiger partial charge in [-0.3, -0.25) is 4.79 Å². The number of nitrogens with zero attached hydrogens (tertiary/aromatic N) is 1. The fraction of sp³-hybridized carbons (Fsp3) is 0.0476. The van der Waals surface area contributed by atoms with E-state index in [2.05, 4.69) is 22.8 Å². The van der Waals surface area contributed by atoms with Crippen LogP contribution >= 0.6 is 11.6 Å². The Bertz CT molecular complexity index is 947. The van der Waals surface area contributed by atoms with Crippen molar-refractivity contribution < 1.29 is 4.79 Å². The molecule has 0 aromatic heterocycles. The van der Waals surface area contributed by atoms with Crippen molar-refractivity contribution in [1.82, 2.24) is 0 Å². The number of carbonyl (C=O) groups excluding carboxylic acids is 1. The molecule has 0 heterocycles. The van der Waals surface area contributed by atoms with Crippen LogP contribution in [0.4, 0.5) is 11.4 Å². The summed E-state index contributed by atoms with van der Waals surface area (Å²) in [6, 6.07) is 24.8. The number of benzene rings is 3. The fourth-order valence-electron chi connectivity index (χ4n) is 2.48. The van der Waals surface area contributed by atoms with Crippen LogP contribution in [-0.4, -0.2) is 12.5 Å². The van der Waals surface area contributed by atoms with E-state index in [9.17, 15) is 4.79 Å². The van der Waals surface area contributed by atoms with Crippen LogP contribution in [0.1, 0.15) is 5.56 Å². The van der Waals surface area contributed by atoms with Crippen LogP contribution in [0.15, 0.2) is 72.8 Å². The minimum atomic E-state index is -0.196. The summed E-state index contributed by atoms with van der Waals surface area (Å²) in [6.07, 6.45) is 0. The summed E-state index contributed by atoms with van der Waals surface area (Å²) in [5.41, 5.74) is 4.06. The zero-order valence-corrected chi connectivity index (χ0v) is 14.6. The molecule has 0 saturated carbocycles. The molecule has 0 bridgehead atoms. The van der Waals surface area contributed by atoms with Gasteiger partial charge in [-0.25, -0.2) is 0 Å². The van der Waals surface area contributed by atoms with Gasteiger partial charge in [-0.1, -0.05) is 54.1 Å². The Balaban J connectivity index is 1.56. The number of carbonyl (C=O) groups is 1. The van der Waals surface area contributed by atoms with Crippen LogP contribution in [0.2, 0.25) is 5.02 Å². The standard InChI is InChI=1S/C21H16ClN3O/c22-20-12-19(11-8-17(20)13-23)25-21(26)14-24-18-9-6-16(7-10-18)15-4-2-1-3-5-15/h1-12,24H,14H2,(H,25,26). The van der Waals surface area contributed by atoms with E-state index in [0.717, 1.165) is 16.8 Å². The summed E-state index contributed by atoms with van der Waals surface area (Å²) in [5.74, 6) is -0.196. The highest BCUT2D eigenvalue weighted by atomic mass is 35.5. The Labute approximate surface area is 157 Å². The molecule has 3 aromatic rings. The summed E-state index contributed by atoms with van der Waals surface area (Å²) < 4.78 is 0. The van der Waals surface area contributed by atoms with Crippen molar-refractivity contribution in [2.24, 2.45) is 0 Å². The third-order valence-electron chi connectivity index (χ3n) is 3.82. The Kier molecular flexibility index (Phi) is 5.52. The molecule has 3 aromatic carbocycles. The predicted molar refractivity (Wildman–Crippen MR) is 105 cm³/mol. The number of rotatable bonds is 5. The average Bonchev–Trinajstić information content (AvgIpc) is 2.68. The van der Waals surface area contributed by atoms with Crippen molar-refractivity contribution >= 4 is 28.9 Å². The first kappa shape index (κ1) is 17.5. The number of amides is 1. The SMILES string of the molecule is N#Cc1ccc(NC(=O)CNc2ccc(-c3ccccc3)cc2)cc1Cl. The zero-order valence-electron chi connectivity index (χ0n) is 13.9. The molecule has 0 aliphatic carbocycles. The lowest BCUT2D eigenvalue weighted by atomic mass is 10.1. The Hall–Kier alpha value is -3.29. The molecule has 0 aliphatic heterocycles. The lowest BCUT2D eigenvalue weighted by Gasteiger charge is -2.09. The van der Waals surface area contributed by atoms with E-state index >= 15 is 0 Å². The first-order valence-corrected chi connectivity index (χ1v) is 8.42. The lowest BCUT2D eigenvalue weighted by Crippen LogP contribution is -2.21. The van der Waals surface area contributed by atoms with Gasteiger partial charge in [0.2, 0.25) is 5.91 Å². The summed E-state index contributed by atoms with van der Waals surface area (Å²) in [4.78, 5) is 12.1. The number of hydrogen-bond acceptors (Lipinski definition) is 3. The molecule has 0 saturated heterocycles. The number of nitriles is 1. The van der Waals surface area contributed by atoms with Gasteiger partial charge in [-0.15, -0.1) is 0 Å². The summed E-state index contributed by atoms with van der Waals surface area (Å²) in [7, 11) is 0. The lowest BCUT2D eigenvalue weighted by molar-refractivity contribution is -0.114. The van der Waals surface area contributed by atoms with E-state index in [-0.39, 0.29) is 12.5 Å². The van der Waals surface area contributed by atoms with E-state index in [1.54, 1.807) is 18.2 Å². The minimum Gasteiger partial charge on any atom is -0.376 e. The van der Waals surface area contributed by atoms with Gasteiger partial charge < -0.3 is 10.6 Å². The molecular weight excluding hydrogens is 346 g/mol. The monoisotopic (exact) mass is 361 g/mol. The summed E-state index contributed by atoms with van der Waals surface area (Å²) >= 11 is 5.96. The molecule has 0 radical (unpaired) electrons. The van der Waals surface area contributed by atoms with Gasteiger partial charge in [0.15, 0.2) is 0 Å². The van der Waals surface area contributed by atoms with Crippen molar-refractivity contribution in [3.05, 3.63) is 83.4 Å². The maximum Gasteiger partial charge on any atom is 0.243 e. The zero-order chi connectivity index (χ0) is 18.4. The molecule has 0 unspecified atom stereocenters. The molecule has 4 nitrogen and oxygen atoms in total. The van der Waals surface area contributed by atoms with Gasteiger partial charge in [0, 0.05) is 11.4 Å². The summed E-state index contributed by atoms with van der Waals surface area (Å²) in [6.45, 7) is 0.127. The molecular formula is C21H16ClN3O. The second-order valence-corrected chi connectivity index (χ2v) is 6.06. The molecule has 3 rings (SSSR count). The molecule has 2 N–H and O–H groups in total. The molecule has 0 spiro atoms. The first-order chi connectivity index (χ1) is 12.7. The Morgan fingerprint density at radius 1 is 0.923 bits per heavy atom. The van der Waals surface area contributed by atoms with Crippen molar-refractivity contribution in [2.45, 2.75) is 0 Å². The molecule has 5 heteroatoms. The topological polar surface area (TPSA) is 64.9 Å². The number of halogens is 1. The van der Waals surface area contributed by atoms with Crippen molar-refractivity contribution in [3.8, 4) is 17.2 Å². The van der Waals surface area contributed by atoms with E-state index in [4.69, 9.17) is 16.9 Å². The quantitative estimate of drug-likeness (QED) is 0.677. The number of hydrogen-bond donors (Lipinski definition) is 2. The van der Waals surface area contributed by atoms with E-state index in [1.165, 1.54) is 0 Å². The van der Waals surface area contributed by atoms with Crippen LogP contribution in [0.3, 0.4) is 0 Å². The Morgan fingerprint density at radius 3 is 2.23 bits per heavy atom. The molecule has 0 fully saturated rings. The minimum absolute atomic E-state index is 0.127. The van der Waals surface area contributed by atoms with E-state index in [0.29, 0.717) is 16.3 Å². The predicted octanol–water partition coefficient (Wildman–Crippen LogP) is 4.93. The first-order valence-electron chi connectivity index (χ1n) is 8.04. The molecule has 26 heavy (non-hydrogen) atoms. The van der Waals surface area contributed by atoms with Gasteiger partial charge in [-0.2, -0.15) is 5.26 Å². The smallest absolute Gasteiger partial charge is 0.243 e. The van der Waals surface area contributed by atoms with Gasteiger partial charge in [0.25, 0.3) is 0 Å². The molecule has 0 aliphatic rings. The highest BCUT2D eigenvalue weighted by molar-refractivity contribution is 6.32. The van der Waals surface area contributed by atoms with E-state index in [1.807, 2.05) is 48.5 Å². The van der Waals surface area contributed by atoms with Crippen LogP contribution in [0.25, 0.3) is 11.1 Å². The van der Waals surface area contributed by atoms with Gasteiger partial charge in [0.05, 0.1) is 17.1 Å². The van der Waals surface area contributed by atoms with Crippen LogP contribution in [-0.2, 0) is 4.79 Å². The molecule has 0 atom stereocenters. The maximum atomic E-state index is 12.1. The second-order valence-electron chi connectivity index (χ2n) is 5.65. The van der Waals surface area contributed by atoms with Gasteiger partial charge in [0.1, 0.15) is 6.07 Å². The van der Waals surface area contributed by atoms with Crippen LogP contribution in [0.5, 0.6) is 0 Å². The number of nitrogens with one attached hydrogen (secondary N) is 2. The van der Waals surface area contributed by atoms with Gasteiger partial charge in [-0.05, 0) is 41.5 Å². The summed E-state index contributed by atoms with van der Waals surface area (Å²) in [5, 5.41) is 15.0. The molecule has 1 amide bonds. The van der Waals surface area contributed by atoms with Gasteiger partial charge >= 0.3 is 0 Å². The van der Waals surface area contributed by atoms with Crippen LogP contribution in [0, 0.1) is 11.3 Å². The highest BCUT2D eigenvalue weighted by Gasteiger charge is 2.05. The average molecular weight is 362 g/mol. The normalized spacial score (nSPS) is 10.0. The number of anilines is 2. The molecule has 128 valence electrons. The van der Waals surface area contributed by atoms with Crippen molar-refractivity contribution in [1.29, 1.82) is 5.26 Å². The third kappa shape index (κ3) is 4.41. The van der Waals surface area contributed by atoms with E-state index < -0.39 is 0 Å². The Morgan fingerprint density at radius 2 is 1.58 bits per heavy atom. The second kappa shape index (κ2) is 8.19. The largest absolute Gasteiger partial charge is 0.376 e. The van der Waals surface area contributed by atoms with Crippen molar-refractivity contribution in [3.63, 3.8) is 0 Å².